The first-order valence-electron chi connectivity index (χ1n) is 5.12. The van der Waals surface area contributed by atoms with Crippen molar-refractivity contribution in [3.8, 4) is 0 Å². The van der Waals surface area contributed by atoms with Gasteiger partial charge in [0.25, 0.3) is 0 Å². The molecule has 0 aromatic carbocycles. The highest BCUT2D eigenvalue weighted by Gasteiger charge is 2.31. The average Bonchev–Trinajstić information content (AvgIpc) is 2.05. The Morgan fingerprint density at radius 2 is 2.23 bits per heavy atom. The van der Waals surface area contributed by atoms with Crippen LogP contribution in [0.1, 0.15) is 40.0 Å². The van der Waals surface area contributed by atoms with E-state index in [9.17, 15) is 0 Å². The van der Waals surface area contributed by atoms with Gasteiger partial charge in [-0.05, 0) is 45.6 Å². The van der Waals surface area contributed by atoms with Gasteiger partial charge in [-0.3, -0.25) is 0 Å². The zero-order chi connectivity index (χ0) is 9.47. The zero-order valence-corrected chi connectivity index (χ0v) is 8.76. The first kappa shape index (κ1) is 9.01. The Bertz CT molecular complexity index is 271. The number of hydrogen-bond acceptors (Lipinski definition) is 1. The van der Waals surface area contributed by atoms with Crippen LogP contribution in [0.5, 0.6) is 0 Å². The maximum Gasteiger partial charge on any atom is 0.0830 e. The van der Waals surface area contributed by atoms with Gasteiger partial charge in [0.2, 0.25) is 0 Å². The normalized spacial score (nSPS) is 31.8. The van der Waals surface area contributed by atoms with Crippen molar-refractivity contribution in [2.45, 2.75) is 51.7 Å². The molecule has 72 valence electrons. The van der Waals surface area contributed by atoms with E-state index in [1.807, 2.05) is 0 Å². The first-order valence-corrected chi connectivity index (χ1v) is 5.12. The summed E-state index contributed by atoms with van der Waals surface area (Å²) in [5, 5.41) is 0. The van der Waals surface area contributed by atoms with Gasteiger partial charge in [-0.2, -0.15) is 0 Å². The van der Waals surface area contributed by atoms with Crippen LogP contribution in [0.15, 0.2) is 23.3 Å². The number of hydrogen-bond donors (Lipinski definition) is 0. The molecule has 1 unspecified atom stereocenters. The van der Waals surface area contributed by atoms with Crippen LogP contribution in [-0.2, 0) is 4.74 Å². The van der Waals surface area contributed by atoms with Crippen molar-refractivity contribution in [2.24, 2.45) is 0 Å². The van der Waals surface area contributed by atoms with E-state index in [0.717, 1.165) is 12.8 Å². The Hall–Kier alpha value is -0.560. The molecule has 1 atom stereocenters. The molecule has 1 nitrogen and oxygen atoms in total. The maximum absolute atomic E-state index is 6.01. The summed E-state index contributed by atoms with van der Waals surface area (Å²) >= 11 is 0. The molecule has 0 aromatic rings. The second-order valence-corrected chi connectivity index (χ2v) is 4.77. The van der Waals surface area contributed by atoms with E-state index in [4.69, 9.17) is 4.74 Å². The third kappa shape index (κ3) is 1.86. The van der Waals surface area contributed by atoms with Crippen LogP contribution in [0.2, 0.25) is 0 Å². The van der Waals surface area contributed by atoms with Crippen LogP contribution in [-0.4, -0.2) is 11.7 Å². The molecule has 1 aliphatic carbocycles. The Morgan fingerprint density at radius 3 is 3.00 bits per heavy atom. The van der Waals surface area contributed by atoms with Crippen LogP contribution in [0.25, 0.3) is 0 Å². The van der Waals surface area contributed by atoms with E-state index in [1.54, 1.807) is 0 Å². The summed E-state index contributed by atoms with van der Waals surface area (Å²) in [6, 6.07) is 0. The summed E-state index contributed by atoms with van der Waals surface area (Å²) in [5.74, 6) is 0. The highest BCUT2D eigenvalue weighted by atomic mass is 16.5. The van der Waals surface area contributed by atoms with Crippen molar-refractivity contribution in [3.63, 3.8) is 0 Å². The Kier molecular flexibility index (Phi) is 2.07. The van der Waals surface area contributed by atoms with Crippen LogP contribution >= 0.6 is 0 Å². The fourth-order valence-electron chi connectivity index (χ4n) is 2.13. The molecule has 13 heavy (non-hydrogen) atoms. The van der Waals surface area contributed by atoms with E-state index in [2.05, 4.69) is 32.9 Å². The molecule has 0 spiro atoms. The van der Waals surface area contributed by atoms with Crippen LogP contribution < -0.4 is 0 Å². The lowest BCUT2D eigenvalue weighted by Gasteiger charge is -2.39. The molecule has 0 aromatic heterocycles. The minimum Gasteiger partial charge on any atom is -0.368 e. The molecule has 1 fully saturated rings. The van der Waals surface area contributed by atoms with Crippen molar-refractivity contribution in [3.05, 3.63) is 23.3 Å². The van der Waals surface area contributed by atoms with Gasteiger partial charge >= 0.3 is 0 Å². The highest BCUT2D eigenvalue weighted by molar-refractivity contribution is 5.30. The molecule has 0 radical (unpaired) electrons. The summed E-state index contributed by atoms with van der Waals surface area (Å²) in [5.41, 5.74) is 2.98. The summed E-state index contributed by atoms with van der Waals surface area (Å²) in [6.45, 7) is 6.55. The lowest BCUT2D eigenvalue weighted by molar-refractivity contribution is -0.0793. The van der Waals surface area contributed by atoms with Crippen molar-refractivity contribution in [2.75, 3.05) is 0 Å². The molecule has 0 bridgehead atoms. The van der Waals surface area contributed by atoms with Gasteiger partial charge in [-0.1, -0.05) is 17.7 Å². The SMILES string of the molecule is CC1=CCC2OC(C)(C)CCC2=C1. The van der Waals surface area contributed by atoms with E-state index in [0.29, 0.717) is 6.10 Å². The number of allylic oxidation sites excluding steroid dienone is 2. The smallest absolute Gasteiger partial charge is 0.0830 e. The molecular weight excluding hydrogens is 160 g/mol. The second kappa shape index (κ2) is 2.98. The predicted octanol–water partition coefficient (Wildman–Crippen LogP) is 3.22. The molecule has 0 saturated carbocycles. The number of fused-ring (bicyclic) bond motifs is 1. The zero-order valence-electron chi connectivity index (χ0n) is 8.76. The van der Waals surface area contributed by atoms with E-state index >= 15 is 0 Å². The van der Waals surface area contributed by atoms with Crippen LogP contribution in [0.3, 0.4) is 0 Å². The van der Waals surface area contributed by atoms with E-state index in [1.165, 1.54) is 17.6 Å². The first-order chi connectivity index (χ1) is 6.07. The van der Waals surface area contributed by atoms with Crippen molar-refractivity contribution in [1.29, 1.82) is 0 Å². The molecule has 0 N–H and O–H groups in total. The summed E-state index contributed by atoms with van der Waals surface area (Å²) < 4.78 is 6.01. The number of ether oxygens (including phenoxy) is 1. The van der Waals surface area contributed by atoms with Crippen molar-refractivity contribution >= 4 is 0 Å². The highest BCUT2D eigenvalue weighted by Crippen LogP contribution is 2.35. The van der Waals surface area contributed by atoms with E-state index < -0.39 is 0 Å². The monoisotopic (exact) mass is 178 g/mol. The minimum atomic E-state index is 0.0844. The fraction of sp³-hybridized carbons (Fsp3) is 0.667. The van der Waals surface area contributed by atoms with Gasteiger partial charge < -0.3 is 4.74 Å². The van der Waals surface area contributed by atoms with E-state index in [-0.39, 0.29) is 5.60 Å². The van der Waals surface area contributed by atoms with Crippen LogP contribution in [0, 0.1) is 0 Å². The Morgan fingerprint density at radius 1 is 1.46 bits per heavy atom. The van der Waals surface area contributed by atoms with Gasteiger partial charge in [0.1, 0.15) is 0 Å². The number of rotatable bonds is 0. The molecule has 0 amide bonds. The molecule has 2 rings (SSSR count). The summed E-state index contributed by atoms with van der Waals surface area (Å²) in [4.78, 5) is 0. The maximum atomic E-state index is 6.01. The van der Waals surface area contributed by atoms with Crippen molar-refractivity contribution < 1.29 is 4.74 Å². The summed E-state index contributed by atoms with van der Waals surface area (Å²) in [6.07, 6.45) is 8.37. The van der Waals surface area contributed by atoms with Gasteiger partial charge in [-0.15, -0.1) is 0 Å². The Balaban J connectivity index is 2.15. The lowest BCUT2D eigenvalue weighted by atomic mass is 9.86. The van der Waals surface area contributed by atoms with Gasteiger partial charge in [0.15, 0.2) is 0 Å². The van der Waals surface area contributed by atoms with Gasteiger partial charge in [0.05, 0.1) is 11.7 Å². The molecule has 1 aliphatic heterocycles. The topological polar surface area (TPSA) is 9.23 Å². The third-order valence-electron chi connectivity index (χ3n) is 2.96. The van der Waals surface area contributed by atoms with Crippen molar-refractivity contribution in [1.82, 2.24) is 0 Å². The molecular formula is C12H18O. The Labute approximate surface area is 80.5 Å². The second-order valence-electron chi connectivity index (χ2n) is 4.77. The van der Waals surface area contributed by atoms with Crippen LogP contribution in [0.4, 0.5) is 0 Å². The molecule has 1 heteroatoms. The quantitative estimate of drug-likeness (QED) is 0.553. The molecule has 1 heterocycles. The van der Waals surface area contributed by atoms with Gasteiger partial charge in [-0.25, -0.2) is 0 Å². The average molecular weight is 178 g/mol. The third-order valence-corrected chi connectivity index (χ3v) is 2.96. The molecule has 1 saturated heterocycles. The summed E-state index contributed by atoms with van der Waals surface area (Å²) in [7, 11) is 0. The predicted molar refractivity (Wildman–Crippen MR) is 54.6 cm³/mol. The standard InChI is InChI=1S/C12H18O/c1-9-4-5-11-10(8-9)6-7-12(2,3)13-11/h4,8,11H,5-7H2,1-3H3. The lowest BCUT2D eigenvalue weighted by Crippen LogP contribution is -2.37. The van der Waals surface area contributed by atoms with Gasteiger partial charge in [0, 0.05) is 0 Å². The largest absolute Gasteiger partial charge is 0.368 e. The fourth-order valence-corrected chi connectivity index (χ4v) is 2.13. The minimum absolute atomic E-state index is 0.0844. The molecule has 2 aliphatic rings.